The second-order valence-electron chi connectivity index (χ2n) is 10.2. The molecule has 0 aliphatic heterocycles. The van der Waals surface area contributed by atoms with E-state index < -0.39 is 22.9 Å². The lowest BCUT2D eigenvalue weighted by Gasteiger charge is -2.26. The first-order valence-electron chi connectivity index (χ1n) is 13.4. The van der Waals surface area contributed by atoms with Gasteiger partial charge in [-0.05, 0) is 56.1 Å². The number of rotatable bonds is 15. The highest BCUT2D eigenvalue weighted by molar-refractivity contribution is 6.43. The molecule has 0 aliphatic carbocycles. The molecule has 0 bridgehead atoms. The number of carbonyl (C=O) groups is 3. The van der Waals surface area contributed by atoms with Crippen LogP contribution in [-0.4, -0.2) is 23.9 Å². The Morgan fingerprint density at radius 1 is 0.912 bits per heavy atom. The van der Waals surface area contributed by atoms with Gasteiger partial charge in [0.1, 0.15) is 5.78 Å². The van der Waals surface area contributed by atoms with Crippen LogP contribution in [0.1, 0.15) is 111 Å². The van der Waals surface area contributed by atoms with Crippen LogP contribution < -0.4 is 5.73 Å². The Balaban J connectivity index is 0.00000529. The third-order valence-corrected chi connectivity index (χ3v) is 7.15. The normalized spacial score (nSPS) is 14.9. The van der Waals surface area contributed by atoms with Crippen LogP contribution in [0.4, 0.5) is 0 Å². The number of nitrogens with two attached hydrogens (primary N) is 1. The zero-order valence-electron chi connectivity index (χ0n) is 23.4. The summed E-state index contributed by atoms with van der Waals surface area (Å²) in [5.74, 6) is -1.14. The number of unbranched alkanes of at least 4 members (excludes halogenated alkanes) is 1. The molecule has 0 saturated heterocycles. The number of Topliss-reactive ketones (excluding diaryl/α,β-unsaturated/α-hetero) is 3. The Kier molecular flexibility index (Phi) is 15.1. The summed E-state index contributed by atoms with van der Waals surface area (Å²) in [5, 5.41) is 0. The zero-order valence-corrected chi connectivity index (χ0v) is 23.4. The molecule has 1 rings (SSSR count). The van der Waals surface area contributed by atoms with Gasteiger partial charge in [-0.3, -0.25) is 14.4 Å². The van der Waals surface area contributed by atoms with Crippen molar-refractivity contribution in [2.45, 2.75) is 107 Å². The summed E-state index contributed by atoms with van der Waals surface area (Å²) < 4.78 is 0. The Hall–Kier alpha value is -1.81. The Bertz CT molecular complexity index is 768. The van der Waals surface area contributed by atoms with Crippen molar-refractivity contribution in [3.63, 3.8) is 0 Å². The highest BCUT2D eigenvalue weighted by Crippen LogP contribution is 2.32. The minimum Gasteiger partial charge on any atom is -0.330 e. The van der Waals surface area contributed by atoms with Crippen molar-refractivity contribution >= 4 is 17.3 Å². The summed E-state index contributed by atoms with van der Waals surface area (Å²) in [6.45, 7) is 17.6. The fourth-order valence-corrected chi connectivity index (χ4v) is 4.37. The van der Waals surface area contributed by atoms with E-state index >= 15 is 0 Å². The van der Waals surface area contributed by atoms with Crippen molar-refractivity contribution in [2.75, 3.05) is 6.54 Å². The van der Waals surface area contributed by atoms with Crippen LogP contribution in [-0.2, 0) is 20.8 Å². The maximum Gasteiger partial charge on any atom is 0.211 e. The predicted octanol–water partition coefficient (Wildman–Crippen LogP) is 6.93. The molecule has 4 nitrogen and oxygen atoms in total. The molecule has 0 spiro atoms. The molecule has 4 atom stereocenters. The van der Waals surface area contributed by atoms with E-state index in [1.807, 2.05) is 20.8 Å². The van der Waals surface area contributed by atoms with Gasteiger partial charge in [-0.2, -0.15) is 0 Å². The maximum absolute atomic E-state index is 13.0. The fourth-order valence-electron chi connectivity index (χ4n) is 4.37. The zero-order chi connectivity index (χ0) is 26.5. The standard InChI is InChI=1S/C28H45NO3.C2H6/c1-8-9-15-23-16-10-11-17-24(23)22(5)19(2)13-12-14-20(3)26(31)28(6,7)27(32)25(30)21(4)18-29;1-2/h10-11,16-17,19-22H,8-9,12-15,18,29H2,1-7H3;1-2H3. The average molecular weight is 474 g/mol. The predicted molar refractivity (Wildman–Crippen MR) is 144 cm³/mol. The molecule has 0 saturated carbocycles. The van der Waals surface area contributed by atoms with E-state index in [9.17, 15) is 14.4 Å². The highest BCUT2D eigenvalue weighted by atomic mass is 16.2. The minimum atomic E-state index is -1.29. The van der Waals surface area contributed by atoms with E-state index in [0.29, 0.717) is 11.8 Å². The van der Waals surface area contributed by atoms with Gasteiger partial charge >= 0.3 is 0 Å². The van der Waals surface area contributed by atoms with E-state index in [-0.39, 0.29) is 18.2 Å². The lowest BCUT2D eigenvalue weighted by atomic mass is 9.74. The van der Waals surface area contributed by atoms with Crippen molar-refractivity contribution in [3.8, 4) is 0 Å². The van der Waals surface area contributed by atoms with E-state index in [0.717, 1.165) is 25.7 Å². The number of aryl methyl sites for hydroxylation is 1. The first-order valence-corrected chi connectivity index (χ1v) is 13.4. The Labute approximate surface area is 209 Å². The van der Waals surface area contributed by atoms with Gasteiger partial charge in [-0.1, -0.05) is 92.0 Å². The number of benzene rings is 1. The molecule has 0 radical (unpaired) electrons. The van der Waals surface area contributed by atoms with E-state index in [1.165, 1.54) is 24.0 Å². The number of carbonyl (C=O) groups excluding carboxylic acids is 3. The summed E-state index contributed by atoms with van der Waals surface area (Å²) in [7, 11) is 0. The second-order valence-corrected chi connectivity index (χ2v) is 10.2. The van der Waals surface area contributed by atoms with Crippen molar-refractivity contribution < 1.29 is 14.4 Å². The molecule has 194 valence electrons. The molecule has 0 heterocycles. The molecule has 0 amide bonds. The second kappa shape index (κ2) is 16.0. The third kappa shape index (κ3) is 9.09. The topological polar surface area (TPSA) is 77.2 Å². The van der Waals surface area contributed by atoms with Gasteiger partial charge < -0.3 is 5.73 Å². The van der Waals surface area contributed by atoms with Gasteiger partial charge in [-0.25, -0.2) is 0 Å². The third-order valence-electron chi connectivity index (χ3n) is 7.15. The Morgan fingerprint density at radius 2 is 1.50 bits per heavy atom. The maximum atomic E-state index is 13.0. The molecule has 0 aromatic heterocycles. The van der Waals surface area contributed by atoms with Crippen LogP contribution in [0, 0.1) is 23.2 Å². The molecular formula is C30H51NO3. The quantitative estimate of drug-likeness (QED) is 0.221. The number of hydrogen-bond donors (Lipinski definition) is 1. The summed E-state index contributed by atoms with van der Waals surface area (Å²) in [4.78, 5) is 37.9. The molecule has 4 unspecified atom stereocenters. The van der Waals surface area contributed by atoms with Crippen LogP contribution in [0.15, 0.2) is 24.3 Å². The first kappa shape index (κ1) is 32.2. The van der Waals surface area contributed by atoms with Crippen LogP contribution >= 0.6 is 0 Å². The molecule has 2 N–H and O–H groups in total. The lowest BCUT2D eigenvalue weighted by molar-refractivity contribution is -0.149. The van der Waals surface area contributed by atoms with Crippen LogP contribution in [0.2, 0.25) is 0 Å². The summed E-state index contributed by atoms with van der Waals surface area (Å²) in [5.41, 5.74) is 7.13. The smallest absolute Gasteiger partial charge is 0.211 e. The van der Waals surface area contributed by atoms with Crippen molar-refractivity contribution in [2.24, 2.45) is 28.9 Å². The van der Waals surface area contributed by atoms with Gasteiger partial charge in [0.25, 0.3) is 0 Å². The van der Waals surface area contributed by atoms with Gasteiger partial charge in [0.15, 0.2) is 0 Å². The first-order chi connectivity index (χ1) is 16.0. The molecule has 0 fully saturated rings. The van der Waals surface area contributed by atoms with Crippen molar-refractivity contribution in [1.29, 1.82) is 0 Å². The van der Waals surface area contributed by atoms with E-state index in [4.69, 9.17) is 5.73 Å². The molecule has 1 aromatic carbocycles. The Morgan fingerprint density at radius 3 is 2.06 bits per heavy atom. The summed E-state index contributed by atoms with van der Waals surface area (Å²) in [6, 6.07) is 8.76. The largest absolute Gasteiger partial charge is 0.330 e. The summed E-state index contributed by atoms with van der Waals surface area (Å²) >= 11 is 0. The average Bonchev–Trinajstić information content (AvgIpc) is 2.86. The molecular weight excluding hydrogens is 422 g/mol. The van der Waals surface area contributed by atoms with Crippen LogP contribution in [0.25, 0.3) is 0 Å². The van der Waals surface area contributed by atoms with E-state index in [1.54, 1.807) is 20.8 Å². The van der Waals surface area contributed by atoms with Crippen molar-refractivity contribution in [1.82, 2.24) is 0 Å². The highest BCUT2D eigenvalue weighted by Gasteiger charge is 2.42. The number of hydrogen-bond acceptors (Lipinski definition) is 4. The number of ketones is 3. The molecule has 34 heavy (non-hydrogen) atoms. The minimum absolute atomic E-state index is 0.113. The SMILES string of the molecule is CC.CCCCc1ccccc1C(C)C(C)CCCC(C)C(=O)C(C)(C)C(=O)C(=O)C(C)CN. The lowest BCUT2D eigenvalue weighted by Crippen LogP contribution is -2.43. The fraction of sp³-hybridized carbons (Fsp3) is 0.700. The van der Waals surface area contributed by atoms with Gasteiger partial charge in [0, 0.05) is 18.4 Å². The summed E-state index contributed by atoms with van der Waals surface area (Å²) in [6.07, 6.45) is 6.20. The molecule has 1 aromatic rings. The van der Waals surface area contributed by atoms with E-state index in [2.05, 4.69) is 45.0 Å². The molecule has 0 aliphatic rings. The van der Waals surface area contributed by atoms with Gasteiger partial charge in [0.05, 0.1) is 5.41 Å². The van der Waals surface area contributed by atoms with Crippen molar-refractivity contribution in [3.05, 3.63) is 35.4 Å². The van der Waals surface area contributed by atoms with Crippen LogP contribution in [0.5, 0.6) is 0 Å². The van der Waals surface area contributed by atoms with Crippen LogP contribution in [0.3, 0.4) is 0 Å². The van der Waals surface area contributed by atoms with Gasteiger partial charge in [-0.15, -0.1) is 0 Å². The molecule has 4 heteroatoms. The van der Waals surface area contributed by atoms with Gasteiger partial charge in [0.2, 0.25) is 11.6 Å². The monoisotopic (exact) mass is 473 g/mol.